The molecule has 104 valence electrons. The minimum absolute atomic E-state index is 0.251. The predicted molar refractivity (Wildman–Crippen MR) is 63.8 cm³/mol. The van der Waals surface area contributed by atoms with Gasteiger partial charge in [0.25, 0.3) is 5.91 Å². The summed E-state index contributed by atoms with van der Waals surface area (Å²) in [6.45, 7) is 3.09. The van der Waals surface area contributed by atoms with Gasteiger partial charge in [0.15, 0.2) is 0 Å². The SMILES string of the molecule is CCCc1[nH]nc(C(=O)N[C@@H](C)C(=O)O)c1[N+](=O)[O-]. The van der Waals surface area contributed by atoms with Crippen LogP contribution in [0.2, 0.25) is 0 Å². The second-order valence-corrected chi connectivity index (χ2v) is 3.94. The molecule has 0 spiro atoms. The van der Waals surface area contributed by atoms with Crippen LogP contribution in [-0.4, -0.2) is 38.1 Å². The van der Waals surface area contributed by atoms with E-state index in [9.17, 15) is 19.7 Å². The van der Waals surface area contributed by atoms with Crippen LogP contribution in [0.1, 0.15) is 36.5 Å². The maximum absolute atomic E-state index is 11.7. The second-order valence-electron chi connectivity index (χ2n) is 3.94. The molecular weight excluding hydrogens is 256 g/mol. The molecule has 9 heteroatoms. The molecular formula is C10H14N4O5. The molecule has 1 amide bonds. The number of aromatic amines is 1. The average Bonchev–Trinajstić information content (AvgIpc) is 2.73. The van der Waals surface area contributed by atoms with E-state index in [1.165, 1.54) is 6.92 Å². The van der Waals surface area contributed by atoms with Crippen molar-refractivity contribution in [3.63, 3.8) is 0 Å². The first kappa shape index (κ1) is 14.6. The molecule has 19 heavy (non-hydrogen) atoms. The number of H-pyrrole nitrogens is 1. The molecule has 1 aromatic rings. The zero-order valence-electron chi connectivity index (χ0n) is 10.5. The third-order valence-electron chi connectivity index (χ3n) is 2.43. The molecule has 0 saturated carbocycles. The molecule has 1 atom stereocenters. The number of nitrogens with zero attached hydrogens (tertiary/aromatic N) is 2. The van der Waals surface area contributed by atoms with Gasteiger partial charge in [-0.1, -0.05) is 13.3 Å². The molecule has 0 fully saturated rings. The fraction of sp³-hybridized carbons (Fsp3) is 0.500. The molecule has 1 aromatic heterocycles. The van der Waals surface area contributed by atoms with Crippen molar-refractivity contribution < 1.29 is 19.6 Å². The maximum Gasteiger partial charge on any atom is 0.325 e. The molecule has 0 saturated heterocycles. The average molecular weight is 270 g/mol. The van der Waals surface area contributed by atoms with Crippen LogP contribution in [0.3, 0.4) is 0 Å². The smallest absolute Gasteiger partial charge is 0.325 e. The molecule has 0 aliphatic rings. The number of aromatic nitrogens is 2. The van der Waals surface area contributed by atoms with Crippen molar-refractivity contribution in [2.45, 2.75) is 32.7 Å². The van der Waals surface area contributed by atoms with Crippen LogP contribution in [0, 0.1) is 10.1 Å². The fourth-order valence-corrected chi connectivity index (χ4v) is 1.48. The Hall–Kier alpha value is -2.45. The summed E-state index contributed by atoms with van der Waals surface area (Å²) in [4.78, 5) is 32.6. The van der Waals surface area contributed by atoms with Gasteiger partial charge in [-0.05, 0) is 13.3 Å². The van der Waals surface area contributed by atoms with E-state index in [1.807, 2.05) is 6.92 Å². The number of nitrogens with one attached hydrogen (secondary N) is 2. The van der Waals surface area contributed by atoms with Gasteiger partial charge >= 0.3 is 11.7 Å². The van der Waals surface area contributed by atoms with E-state index in [1.54, 1.807) is 0 Å². The monoisotopic (exact) mass is 270 g/mol. The minimum Gasteiger partial charge on any atom is -0.480 e. The van der Waals surface area contributed by atoms with Gasteiger partial charge in [0.2, 0.25) is 5.69 Å². The van der Waals surface area contributed by atoms with Crippen molar-refractivity contribution >= 4 is 17.6 Å². The molecule has 3 N–H and O–H groups in total. The highest BCUT2D eigenvalue weighted by Crippen LogP contribution is 2.22. The number of hydrogen-bond donors (Lipinski definition) is 3. The summed E-state index contributed by atoms with van der Waals surface area (Å²) < 4.78 is 0. The number of aliphatic carboxylic acids is 1. The second kappa shape index (κ2) is 5.94. The number of carboxylic acids is 1. The number of rotatable bonds is 6. The summed E-state index contributed by atoms with van der Waals surface area (Å²) in [7, 11) is 0. The number of hydrogen-bond acceptors (Lipinski definition) is 5. The quantitative estimate of drug-likeness (QED) is 0.507. The molecule has 0 aliphatic carbocycles. The Kier molecular flexibility index (Phi) is 4.56. The lowest BCUT2D eigenvalue weighted by Crippen LogP contribution is -2.38. The molecule has 1 rings (SSSR count). The molecule has 1 heterocycles. The van der Waals surface area contributed by atoms with Crippen molar-refractivity contribution in [2.24, 2.45) is 0 Å². The van der Waals surface area contributed by atoms with Crippen LogP contribution in [0.15, 0.2) is 0 Å². The lowest BCUT2D eigenvalue weighted by molar-refractivity contribution is -0.385. The third kappa shape index (κ3) is 3.27. The topological polar surface area (TPSA) is 138 Å². The van der Waals surface area contributed by atoms with Crippen LogP contribution in [-0.2, 0) is 11.2 Å². The van der Waals surface area contributed by atoms with E-state index >= 15 is 0 Å². The van der Waals surface area contributed by atoms with Crippen LogP contribution < -0.4 is 5.32 Å². The van der Waals surface area contributed by atoms with Gasteiger partial charge in [-0.25, -0.2) is 0 Å². The van der Waals surface area contributed by atoms with Crippen molar-refractivity contribution in [3.05, 3.63) is 21.5 Å². The Bertz CT molecular complexity index is 510. The van der Waals surface area contributed by atoms with Gasteiger partial charge in [0.1, 0.15) is 11.7 Å². The third-order valence-corrected chi connectivity index (χ3v) is 2.43. The van der Waals surface area contributed by atoms with Gasteiger partial charge in [-0.3, -0.25) is 24.8 Å². The Morgan fingerprint density at radius 2 is 2.21 bits per heavy atom. The molecule has 0 bridgehead atoms. The maximum atomic E-state index is 11.7. The zero-order chi connectivity index (χ0) is 14.6. The Morgan fingerprint density at radius 1 is 1.58 bits per heavy atom. The first-order chi connectivity index (χ1) is 8.88. The number of carbonyl (C=O) groups excluding carboxylic acids is 1. The lowest BCUT2D eigenvalue weighted by Gasteiger charge is -2.06. The number of aryl methyl sites for hydroxylation is 1. The number of carboxylic acid groups (broad SMARTS) is 1. The summed E-state index contributed by atoms with van der Waals surface area (Å²) in [5, 5.41) is 27.8. The lowest BCUT2D eigenvalue weighted by atomic mass is 10.2. The van der Waals surface area contributed by atoms with Crippen molar-refractivity contribution in [2.75, 3.05) is 0 Å². The molecule has 0 radical (unpaired) electrons. The largest absolute Gasteiger partial charge is 0.480 e. The van der Waals surface area contributed by atoms with Crippen molar-refractivity contribution in [1.29, 1.82) is 0 Å². The molecule has 0 unspecified atom stereocenters. The molecule has 0 aliphatic heterocycles. The van der Waals surface area contributed by atoms with Gasteiger partial charge < -0.3 is 10.4 Å². The normalized spacial score (nSPS) is 11.9. The van der Waals surface area contributed by atoms with Crippen LogP contribution >= 0.6 is 0 Å². The van der Waals surface area contributed by atoms with E-state index in [0.29, 0.717) is 12.8 Å². The first-order valence-electron chi connectivity index (χ1n) is 5.63. The zero-order valence-corrected chi connectivity index (χ0v) is 10.5. The summed E-state index contributed by atoms with van der Waals surface area (Å²) >= 11 is 0. The van der Waals surface area contributed by atoms with Gasteiger partial charge in [-0.2, -0.15) is 5.10 Å². The number of nitro groups is 1. The fourth-order valence-electron chi connectivity index (χ4n) is 1.48. The number of amides is 1. The van der Waals surface area contributed by atoms with Crippen LogP contribution in [0.4, 0.5) is 5.69 Å². The Balaban J connectivity index is 3.03. The van der Waals surface area contributed by atoms with E-state index in [4.69, 9.17) is 5.11 Å². The van der Waals surface area contributed by atoms with Crippen molar-refractivity contribution in [1.82, 2.24) is 15.5 Å². The van der Waals surface area contributed by atoms with Crippen molar-refractivity contribution in [3.8, 4) is 0 Å². The van der Waals surface area contributed by atoms with E-state index in [0.717, 1.165) is 0 Å². The minimum atomic E-state index is -1.24. The van der Waals surface area contributed by atoms with Gasteiger partial charge in [0, 0.05) is 0 Å². The standard InChI is InChI=1S/C10H14N4O5/c1-3-4-6-8(14(18)19)7(13-12-6)9(15)11-5(2)10(16)17/h5H,3-4H2,1-2H3,(H,11,15)(H,12,13)(H,16,17)/t5-/m0/s1. The Labute approximate surface area is 108 Å². The summed E-state index contributed by atoms with van der Waals surface area (Å²) in [6.07, 6.45) is 1.03. The summed E-state index contributed by atoms with van der Waals surface area (Å²) in [5.41, 5.74) is -0.556. The highest BCUT2D eigenvalue weighted by atomic mass is 16.6. The first-order valence-corrected chi connectivity index (χ1v) is 5.63. The van der Waals surface area contributed by atoms with Crippen LogP contribution in [0.25, 0.3) is 0 Å². The summed E-state index contributed by atoms with van der Waals surface area (Å²) in [6, 6.07) is -1.15. The Morgan fingerprint density at radius 3 is 2.68 bits per heavy atom. The molecule has 0 aromatic carbocycles. The predicted octanol–water partition coefficient (Wildman–Crippen LogP) is 0.473. The molecule has 9 nitrogen and oxygen atoms in total. The van der Waals surface area contributed by atoms with Gasteiger partial charge in [-0.15, -0.1) is 0 Å². The number of carbonyl (C=O) groups is 2. The van der Waals surface area contributed by atoms with E-state index in [2.05, 4.69) is 15.5 Å². The van der Waals surface area contributed by atoms with E-state index < -0.39 is 34.2 Å². The van der Waals surface area contributed by atoms with E-state index in [-0.39, 0.29) is 5.69 Å². The summed E-state index contributed by atoms with van der Waals surface area (Å²) in [5.74, 6) is -2.12. The van der Waals surface area contributed by atoms with Gasteiger partial charge in [0.05, 0.1) is 4.92 Å². The van der Waals surface area contributed by atoms with Crippen LogP contribution in [0.5, 0.6) is 0 Å². The highest BCUT2D eigenvalue weighted by Gasteiger charge is 2.30. The highest BCUT2D eigenvalue weighted by molar-refractivity contribution is 5.98.